The van der Waals surface area contributed by atoms with Gasteiger partial charge < -0.3 is 0 Å². The van der Waals surface area contributed by atoms with E-state index >= 15 is 0 Å². The summed E-state index contributed by atoms with van der Waals surface area (Å²) in [6, 6.07) is 12.7. The predicted octanol–water partition coefficient (Wildman–Crippen LogP) is 3.86. The smallest absolute Gasteiger partial charge is 0.300 e. The van der Waals surface area contributed by atoms with Gasteiger partial charge in [-0.25, -0.2) is 4.98 Å². The van der Waals surface area contributed by atoms with E-state index < -0.39 is 22.8 Å². The van der Waals surface area contributed by atoms with E-state index in [0.717, 1.165) is 4.31 Å². The summed E-state index contributed by atoms with van der Waals surface area (Å²) in [5, 5.41) is 0. The van der Waals surface area contributed by atoms with Crippen molar-refractivity contribution in [3.63, 3.8) is 0 Å². The standard InChI is InChI=1S/C19H19F3N4O2S/c1-25(2)29(27,28)24-16-4-3-5-17(12-16)26-11-10-23-18(26)15-8-6-14(7-9-15)13-19(20,21)22/h3-12,24H,13H2,1-2H3. The normalized spacial score (nSPS) is 12.3. The van der Waals surface area contributed by atoms with E-state index in [1.165, 1.54) is 26.2 Å². The van der Waals surface area contributed by atoms with Gasteiger partial charge in [0.15, 0.2) is 0 Å². The van der Waals surface area contributed by atoms with Gasteiger partial charge >= 0.3 is 16.4 Å². The van der Waals surface area contributed by atoms with Crippen molar-refractivity contribution in [2.45, 2.75) is 12.6 Å². The zero-order valence-electron chi connectivity index (χ0n) is 15.7. The molecule has 0 unspecified atom stereocenters. The Bertz CT molecular complexity index is 1090. The molecule has 1 aromatic heterocycles. The number of halogens is 3. The Hall–Kier alpha value is -2.85. The molecule has 0 amide bonds. The first-order valence-electron chi connectivity index (χ1n) is 8.55. The van der Waals surface area contributed by atoms with Gasteiger partial charge in [0.25, 0.3) is 0 Å². The quantitative estimate of drug-likeness (QED) is 0.653. The van der Waals surface area contributed by atoms with Gasteiger partial charge in [-0.15, -0.1) is 0 Å². The first-order chi connectivity index (χ1) is 13.5. The molecule has 3 aromatic rings. The summed E-state index contributed by atoms with van der Waals surface area (Å²) in [5.41, 5.74) is 1.83. The zero-order valence-corrected chi connectivity index (χ0v) is 16.5. The number of aromatic nitrogens is 2. The van der Waals surface area contributed by atoms with Gasteiger partial charge in [-0.3, -0.25) is 9.29 Å². The average Bonchev–Trinajstić information content (AvgIpc) is 3.10. The molecule has 3 rings (SSSR count). The molecule has 1 heterocycles. The number of anilines is 1. The fourth-order valence-corrected chi connectivity index (χ4v) is 3.30. The van der Waals surface area contributed by atoms with E-state index in [0.29, 0.717) is 22.8 Å². The predicted molar refractivity (Wildman–Crippen MR) is 105 cm³/mol. The van der Waals surface area contributed by atoms with Gasteiger partial charge in [-0.05, 0) is 23.8 Å². The highest BCUT2D eigenvalue weighted by molar-refractivity contribution is 7.90. The average molecular weight is 424 g/mol. The third-order valence-electron chi connectivity index (χ3n) is 4.11. The lowest BCUT2D eigenvalue weighted by atomic mass is 10.1. The molecule has 0 spiro atoms. The zero-order chi connectivity index (χ0) is 21.2. The summed E-state index contributed by atoms with van der Waals surface area (Å²) in [5.74, 6) is 0.524. The Balaban J connectivity index is 1.90. The topological polar surface area (TPSA) is 67.2 Å². The molecule has 0 saturated heterocycles. The largest absolute Gasteiger partial charge is 0.393 e. The number of benzene rings is 2. The fourth-order valence-electron chi connectivity index (χ4n) is 2.69. The maximum Gasteiger partial charge on any atom is 0.393 e. The lowest BCUT2D eigenvalue weighted by molar-refractivity contribution is -0.127. The fraction of sp³-hybridized carbons (Fsp3) is 0.211. The molecule has 29 heavy (non-hydrogen) atoms. The minimum absolute atomic E-state index is 0.166. The SMILES string of the molecule is CN(C)S(=O)(=O)Nc1cccc(-n2ccnc2-c2ccc(CC(F)(F)F)cc2)c1. The van der Waals surface area contributed by atoms with Crippen molar-refractivity contribution in [2.75, 3.05) is 18.8 Å². The van der Waals surface area contributed by atoms with Crippen LogP contribution in [-0.2, 0) is 16.6 Å². The summed E-state index contributed by atoms with van der Waals surface area (Å²) >= 11 is 0. The van der Waals surface area contributed by atoms with Crippen LogP contribution in [0.3, 0.4) is 0 Å². The van der Waals surface area contributed by atoms with Gasteiger partial charge in [0.1, 0.15) is 5.82 Å². The highest BCUT2D eigenvalue weighted by Crippen LogP contribution is 2.26. The molecule has 0 bridgehead atoms. The van der Waals surface area contributed by atoms with Gasteiger partial charge in [0.2, 0.25) is 0 Å². The van der Waals surface area contributed by atoms with Crippen molar-refractivity contribution >= 4 is 15.9 Å². The van der Waals surface area contributed by atoms with E-state index in [4.69, 9.17) is 0 Å². The van der Waals surface area contributed by atoms with E-state index in [1.807, 2.05) is 0 Å². The Labute approximate surface area is 166 Å². The molecule has 154 valence electrons. The number of hydrogen-bond acceptors (Lipinski definition) is 3. The van der Waals surface area contributed by atoms with Crippen LogP contribution in [-0.4, -0.2) is 42.5 Å². The second kappa shape index (κ2) is 7.88. The van der Waals surface area contributed by atoms with Crippen molar-refractivity contribution in [3.05, 3.63) is 66.5 Å². The lowest BCUT2D eigenvalue weighted by Gasteiger charge is -2.15. The van der Waals surface area contributed by atoms with E-state index in [1.54, 1.807) is 53.4 Å². The second-order valence-electron chi connectivity index (χ2n) is 6.55. The summed E-state index contributed by atoms with van der Waals surface area (Å²) in [4.78, 5) is 4.29. The van der Waals surface area contributed by atoms with Crippen LogP contribution < -0.4 is 4.72 Å². The van der Waals surface area contributed by atoms with Crippen LogP contribution in [0.15, 0.2) is 60.9 Å². The van der Waals surface area contributed by atoms with Crippen molar-refractivity contribution in [2.24, 2.45) is 0 Å². The van der Waals surface area contributed by atoms with Crippen LogP contribution in [0.5, 0.6) is 0 Å². The van der Waals surface area contributed by atoms with E-state index in [9.17, 15) is 21.6 Å². The van der Waals surface area contributed by atoms with Crippen LogP contribution >= 0.6 is 0 Å². The first-order valence-corrected chi connectivity index (χ1v) is 9.99. The Kier molecular flexibility index (Phi) is 5.67. The van der Waals surface area contributed by atoms with Crippen molar-refractivity contribution in [1.29, 1.82) is 0 Å². The third-order valence-corrected chi connectivity index (χ3v) is 5.56. The lowest BCUT2D eigenvalue weighted by Crippen LogP contribution is -2.28. The molecule has 1 N–H and O–H groups in total. The van der Waals surface area contributed by atoms with Crippen molar-refractivity contribution in [1.82, 2.24) is 13.9 Å². The molecule has 10 heteroatoms. The maximum atomic E-state index is 12.5. The molecule has 0 atom stereocenters. The Morgan fingerprint density at radius 1 is 1.10 bits per heavy atom. The minimum Gasteiger partial charge on any atom is -0.300 e. The van der Waals surface area contributed by atoms with Crippen molar-refractivity contribution < 1.29 is 21.6 Å². The van der Waals surface area contributed by atoms with Gasteiger partial charge in [-0.2, -0.15) is 25.9 Å². The number of nitrogens with zero attached hydrogens (tertiary/aromatic N) is 3. The molecule has 0 saturated carbocycles. The number of alkyl halides is 3. The molecule has 0 radical (unpaired) electrons. The Morgan fingerprint density at radius 2 is 1.79 bits per heavy atom. The molecule has 0 aliphatic heterocycles. The number of nitrogens with one attached hydrogen (secondary N) is 1. The molecule has 0 fully saturated rings. The first kappa shape index (κ1) is 20.9. The van der Waals surface area contributed by atoms with E-state index in [-0.39, 0.29) is 5.56 Å². The molecule has 6 nitrogen and oxygen atoms in total. The van der Waals surface area contributed by atoms with Crippen LogP contribution in [0, 0.1) is 0 Å². The van der Waals surface area contributed by atoms with Gasteiger partial charge in [0.05, 0.1) is 12.1 Å². The molecular formula is C19H19F3N4O2S. The van der Waals surface area contributed by atoms with Crippen LogP contribution in [0.25, 0.3) is 17.1 Å². The second-order valence-corrected chi connectivity index (χ2v) is 8.43. The Morgan fingerprint density at radius 3 is 2.41 bits per heavy atom. The van der Waals surface area contributed by atoms with Gasteiger partial charge in [0, 0.05) is 37.7 Å². The molecule has 0 aliphatic carbocycles. The summed E-state index contributed by atoms with van der Waals surface area (Å²) in [6.45, 7) is 0. The van der Waals surface area contributed by atoms with Crippen molar-refractivity contribution in [3.8, 4) is 17.1 Å². The number of hydrogen-bond donors (Lipinski definition) is 1. The molecule has 0 aliphatic rings. The number of rotatable bonds is 6. The van der Waals surface area contributed by atoms with Gasteiger partial charge in [-0.1, -0.05) is 30.3 Å². The maximum absolute atomic E-state index is 12.5. The van der Waals surface area contributed by atoms with E-state index in [2.05, 4.69) is 9.71 Å². The van der Waals surface area contributed by atoms with Crippen LogP contribution in [0.2, 0.25) is 0 Å². The molecular weight excluding hydrogens is 405 g/mol. The highest BCUT2D eigenvalue weighted by atomic mass is 32.2. The molecule has 2 aromatic carbocycles. The minimum atomic E-state index is -4.26. The number of imidazole rings is 1. The monoisotopic (exact) mass is 424 g/mol. The van der Waals surface area contributed by atoms with Crippen LogP contribution in [0.4, 0.5) is 18.9 Å². The van der Waals surface area contributed by atoms with Crippen LogP contribution in [0.1, 0.15) is 5.56 Å². The highest BCUT2D eigenvalue weighted by Gasteiger charge is 2.27. The summed E-state index contributed by atoms with van der Waals surface area (Å²) < 4.78 is 66.9. The third kappa shape index (κ3) is 5.15. The summed E-state index contributed by atoms with van der Waals surface area (Å²) in [7, 11) is -0.814. The summed E-state index contributed by atoms with van der Waals surface area (Å²) in [6.07, 6.45) is -2.00.